The maximum absolute atomic E-state index is 12.6. The Balaban J connectivity index is 2.33. The van der Waals surface area contributed by atoms with Crippen molar-refractivity contribution in [3.8, 4) is 0 Å². The molecule has 0 aromatic carbocycles. The lowest BCUT2D eigenvalue weighted by atomic mass is 9.91. The highest BCUT2D eigenvalue weighted by molar-refractivity contribution is 5.76. The molecule has 7 heteroatoms. The van der Waals surface area contributed by atoms with Crippen molar-refractivity contribution in [1.29, 1.82) is 0 Å². The second-order valence-electron chi connectivity index (χ2n) is 5.34. The van der Waals surface area contributed by atoms with Gasteiger partial charge in [0.2, 0.25) is 5.91 Å². The standard InChI is InChI=1S/C12H21F3N2O2/c1-9(2)16-10(18)3-6-17-7-4-11(19,5-8-17)12(13,14)15/h9,19H,3-8H2,1-2H3,(H,16,18). The number of amides is 1. The highest BCUT2D eigenvalue weighted by atomic mass is 19.4. The largest absolute Gasteiger partial charge is 0.417 e. The molecule has 1 fully saturated rings. The second-order valence-corrected chi connectivity index (χ2v) is 5.34. The Kier molecular flexibility index (Phi) is 5.20. The number of piperidine rings is 1. The molecule has 0 bridgehead atoms. The van der Waals surface area contributed by atoms with E-state index in [4.69, 9.17) is 0 Å². The summed E-state index contributed by atoms with van der Waals surface area (Å²) in [6.07, 6.45) is -4.97. The summed E-state index contributed by atoms with van der Waals surface area (Å²) in [4.78, 5) is 13.2. The molecule has 0 aromatic rings. The molecule has 0 spiro atoms. The molecular weight excluding hydrogens is 261 g/mol. The van der Waals surface area contributed by atoms with Gasteiger partial charge >= 0.3 is 6.18 Å². The van der Waals surface area contributed by atoms with Crippen LogP contribution in [0, 0.1) is 0 Å². The third kappa shape index (κ3) is 4.65. The van der Waals surface area contributed by atoms with Crippen molar-refractivity contribution in [2.75, 3.05) is 19.6 Å². The van der Waals surface area contributed by atoms with E-state index in [0.717, 1.165) is 0 Å². The van der Waals surface area contributed by atoms with Crippen molar-refractivity contribution in [2.24, 2.45) is 0 Å². The minimum absolute atomic E-state index is 0.0594. The van der Waals surface area contributed by atoms with E-state index in [1.54, 1.807) is 4.90 Å². The number of aliphatic hydroxyl groups is 1. The van der Waals surface area contributed by atoms with Crippen LogP contribution in [0.5, 0.6) is 0 Å². The minimum Gasteiger partial charge on any atom is -0.380 e. The number of rotatable bonds is 4. The lowest BCUT2D eigenvalue weighted by Gasteiger charge is -2.39. The number of alkyl halides is 3. The molecule has 0 atom stereocenters. The highest BCUT2D eigenvalue weighted by Crippen LogP contribution is 2.38. The van der Waals surface area contributed by atoms with Crippen molar-refractivity contribution in [1.82, 2.24) is 10.2 Å². The van der Waals surface area contributed by atoms with Gasteiger partial charge in [-0.2, -0.15) is 13.2 Å². The van der Waals surface area contributed by atoms with Crippen LogP contribution in [-0.2, 0) is 4.79 Å². The molecule has 1 heterocycles. The molecule has 0 saturated carbocycles. The Bertz CT molecular complexity index is 311. The number of likely N-dealkylation sites (tertiary alicyclic amines) is 1. The molecule has 112 valence electrons. The van der Waals surface area contributed by atoms with Gasteiger partial charge in [0.15, 0.2) is 5.60 Å². The highest BCUT2D eigenvalue weighted by Gasteiger charge is 2.54. The number of nitrogens with one attached hydrogen (secondary N) is 1. The summed E-state index contributed by atoms with van der Waals surface area (Å²) in [5.41, 5.74) is -2.57. The molecule has 1 aliphatic rings. The van der Waals surface area contributed by atoms with Crippen LogP contribution in [0.3, 0.4) is 0 Å². The van der Waals surface area contributed by atoms with Gasteiger partial charge in [0.1, 0.15) is 0 Å². The lowest BCUT2D eigenvalue weighted by Crippen LogP contribution is -2.53. The van der Waals surface area contributed by atoms with Crippen LogP contribution in [0.4, 0.5) is 13.2 Å². The smallest absolute Gasteiger partial charge is 0.380 e. The number of hydrogen-bond acceptors (Lipinski definition) is 3. The molecule has 0 aliphatic carbocycles. The monoisotopic (exact) mass is 282 g/mol. The van der Waals surface area contributed by atoms with Gasteiger partial charge in [0.05, 0.1) is 0 Å². The van der Waals surface area contributed by atoms with Gasteiger partial charge < -0.3 is 15.3 Å². The zero-order valence-electron chi connectivity index (χ0n) is 11.3. The first-order valence-corrected chi connectivity index (χ1v) is 6.45. The van der Waals surface area contributed by atoms with Crippen LogP contribution in [0.25, 0.3) is 0 Å². The topological polar surface area (TPSA) is 52.6 Å². The Morgan fingerprint density at radius 3 is 2.32 bits per heavy atom. The molecule has 0 radical (unpaired) electrons. The fraction of sp³-hybridized carbons (Fsp3) is 0.917. The van der Waals surface area contributed by atoms with Crippen LogP contribution in [-0.4, -0.2) is 53.4 Å². The van der Waals surface area contributed by atoms with Gasteiger partial charge in [0, 0.05) is 32.1 Å². The Morgan fingerprint density at radius 2 is 1.89 bits per heavy atom. The van der Waals surface area contributed by atoms with E-state index >= 15 is 0 Å². The summed E-state index contributed by atoms with van der Waals surface area (Å²) >= 11 is 0. The maximum atomic E-state index is 12.6. The van der Waals surface area contributed by atoms with E-state index < -0.39 is 11.8 Å². The molecule has 19 heavy (non-hydrogen) atoms. The summed E-state index contributed by atoms with van der Waals surface area (Å²) in [6, 6.07) is 0.0594. The minimum atomic E-state index is -4.58. The molecular formula is C12H21F3N2O2. The lowest BCUT2D eigenvalue weighted by molar-refractivity contribution is -0.272. The molecule has 1 saturated heterocycles. The molecule has 2 N–H and O–H groups in total. The number of halogens is 3. The van der Waals surface area contributed by atoms with E-state index in [-0.39, 0.29) is 44.3 Å². The van der Waals surface area contributed by atoms with Crippen molar-refractivity contribution in [3.05, 3.63) is 0 Å². The van der Waals surface area contributed by atoms with Crippen LogP contribution < -0.4 is 5.32 Å². The zero-order valence-corrected chi connectivity index (χ0v) is 11.3. The number of nitrogens with zero attached hydrogens (tertiary/aromatic N) is 1. The van der Waals surface area contributed by atoms with E-state index in [0.29, 0.717) is 6.54 Å². The molecule has 0 unspecified atom stereocenters. The first-order valence-electron chi connectivity index (χ1n) is 6.45. The summed E-state index contributed by atoms with van der Waals surface area (Å²) in [7, 11) is 0. The second kappa shape index (κ2) is 6.09. The number of hydrogen-bond donors (Lipinski definition) is 2. The number of carbonyl (C=O) groups is 1. The predicted octanol–water partition coefficient (Wildman–Crippen LogP) is 1.29. The first-order chi connectivity index (χ1) is 8.64. The maximum Gasteiger partial charge on any atom is 0.417 e. The van der Waals surface area contributed by atoms with E-state index in [2.05, 4.69) is 5.32 Å². The molecule has 0 aromatic heterocycles. The molecule has 1 rings (SSSR count). The van der Waals surface area contributed by atoms with Crippen molar-refractivity contribution >= 4 is 5.91 Å². The predicted molar refractivity (Wildman–Crippen MR) is 64.6 cm³/mol. The van der Waals surface area contributed by atoms with Crippen molar-refractivity contribution in [2.45, 2.75) is 50.9 Å². The van der Waals surface area contributed by atoms with E-state index in [1.165, 1.54) is 0 Å². The third-order valence-electron chi connectivity index (χ3n) is 3.32. The van der Waals surface area contributed by atoms with Gasteiger partial charge in [-0.1, -0.05) is 0 Å². The van der Waals surface area contributed by atoms with Crippen LogP contribution in [0.2, 0.25) is 0 Å². The van der Waals surface area contributed by atoms with Crippen molar-refractivity contribution < 1.29 is 23.1 Å². The summed E-state index contributed by atoms with van der Waals surface area (Å²) in [5.74, 6) is -0.105. The van der Waals surface area contributed by atoms with Gasteiger partial charge in [-0.25, -0.2) is 0 Å². The SMILES string of the molecule is CC(C)NC(=O)CCN1CCC(O)(C(F)(F)F)CC1. The van der Waals surface area contributed by atoms with E-state index in [9.17, 15) is 23.1 Å². The Hall–Kier alpha value is -0.820. The molecule has 1 amide bonds. The third-order valence-corrected chi connectivity index (χ3v) is 3.32. The molecule has 4 nitrogen and oxygen atoms in total. The number of carbonyl (C=O) groups excluding carboxylic acids is 1. The van der Waals surface area contributed by atoms with Gasteiger partial charge in [-0.05, 0) is 26.7 Å². The van der Waals surface area contributed by atoms with Crippen molar-refractivity contribution in [3.63, 3.8) is 0 Å². The molecule has 1 aliphatic heterocycles. The summed E-state index contributed by atoms with van der Waals surface area (Å²) in [6.45, 7) is 4.44. The van der Waals surface area contributed by atoms with Crippen LogP contribution in [0.1, 0.15) is 33.1 Å². The quantitative estimate of drug-likeness (QED) is 0.817. The van der Waals surface area contributed by atoms with Crippen LogP contribution in [0.15, 0.2) is 0 Å². The Labute approximate surface area is 111 Å². The Morgan fingerprint density at radius 1 is 1.37 bits per heavy atom. The normalized spacial score (nSPS) is 20.6. The fourth-order valence-corrected chi connectivity index (χ4v) is 2.08. The van der Waals surface area contributed by atoms with Gasteiger partial charge in [0.25, 0.3) is 0 Å². The summed E-state index contributed by atoms with van der Waals surface area (Å²) < 4.78 is 37.7. The average Bonchev–Trinajstić information content (AvgIpc) is 2.26. The summed E-state index contributed by atoms with van der Waals surface area (Å²) in [5, 5.41) is 12.2. The first kappa shape index (κ1) is 16.2. The average molecular weight is 282 g/mol. The van der Waals surface area contributed by atoms with Gasteiger partial charge in [-0.15, -0.1) is 0 Å². The van der Waals surface area contributed by atoms with Gasteiger partial charge in [-0.3, -0.25) is 4.79 Å². The van der Waals surface area contributed by atoms with Crippen LogP contribution >= 0.6 is 0 Å². The van der Waals surface area contributed by atoms with E-state index in [1.807, 2.05) is 13.8 Å². The fourth-order valence-electron chi connectivity index (χ4n) is 2.08. The zero-order chi connectivity index (χ0) is 14.7.